The van der Waals surface area contributed by atoms with Gasteiger partial charge in [-0.3, -0.25) is 9.89 Å². The van der Waals surface area contributed by atoms with Crippen molar-refractivity contribution in [2.24, 2.45) is 0 Å². The summed E-state index contributed by atoms with van der Waals surface area (Å²) in [5, 5.41) is 9.97. The molecule has 5 heteroatoms. The van der Waals surface area contributed by atoms with Crippen LogP contribution in [0.5, 0.6) is 0 Å². The van der Waals surface area contributed by atoms with Gasteiger partial charge in [0.15, 0.2) is 0 Å². The highest BCUT2D eigenvalue weighted by Crippen LogP contribution is 2.41. The molecule has 1 heterocycles. The van der Waals surface area contributed by atoms with Crippen molar-refractivity contribution in [1.29, 1.82) is 0 Å². The lowest BCUT2D eigenvalue weighted by Crippen LogP contribution is -2.26. The fourth-order valence-electron chi connectivity index (χ4n) is 2.76. The molecule has 0 unspecified atom stereocenters. The molecule has 2 aromatic rings. The molecular weight excluding hydrogens is 269 g/mol. The minimum Gasteiger partial charge on any atom is -0.347 e. The first-order valence-electron chi connectivity index (χ1n) is 7.32. The summed E-state index contributed by atoms with van der Waals surface area (Å²) in [6.07, 6.45) is 3.20. The third kappa shape index (κ3) is 2.55. The average molecular weight is 285 g/mol. The van der Waals surface area contributed by atoms with Crippen molar-refractivity contribution < 1.29 is 9.18 Å². The summed E-state index contributed by atoms with van der Waals surface area (Å²) in [7, 11) is 0. The molecule has 0 spiro atoms. The number of nitrogens with one attached hydrogen (secondary N) is 2. The number of carbonyl (C=O) groups is 1. The van der Waals surface area contributed by atoms with E-state index in [4.69, 9.17) is 0 Å². The monoisotopic (exact) mass is 285 g/mol. The van der Waals surface area contributed by atoms with Crippen molar-refractivity contribution in [2.75, 3.05) is 0 Å². The SMILES string of the molecule is O=C(N[C@H]1C[C@@H]1c1cccc(F)c1)c1cc(C2CC2)[nH]n1. The standard InChI is InChI=1S/C16H16FN3O/c17-11-3-1-2-10(6-11)12-7-14(12)18-16(21)15-8-13(19-20-15)9-4-5-9/h1-3,6,8-9,12,14H,4-5,7H2,(H,18,21)(H,19,20)/t12-,14+/m1/s1. The lowest BCUT2D eigenvalue weighted by atomic mass is 10.1. The Labute approximate surface area is 121 Å². The van der Waals surface area contributed by atoms with Crippen LogP contribution >= 0.6 is 0 Å². The van der Waals surface area contributed by atoms with Crippen LogP contribution in [0.3, 0.4) is 0 Å². The molecule has 4 nitrogen and oxygen atoms in total. The molecule has 21 heavy (non-hydrogen) atoms. The van der Waals surface area contributed by atoms with E-state index in [0.717, 1.165) is 17.7 Å². The van der Waals surface area contributed by atoms with Crippen molar-refractivity contribution >= 4 is 5.91 Å². The van der Waals surface area contributed by atoms with Gasteiger partial charge in [0.25, 0.3) is 5.91 Å². The predicted octanol–water partition coefficient (Wildman–Crippen LogP) is 2.71. The summed E-state index contributed by atoms with van der Waals surface area (Å²) in [6, 6.07) is 8.50. The quantitative estimate of drug-likeness (QED) is 0.907. The first-order chi connectivity index (χ1) is 10.2. The summed E-state index contributed by atoms with van der Waals surface area (Å²) in [4.78, 5) is 12.1. The van der Waals surface area contributed by atoms with Gasteiger partial charge < -0.3 is 5.32 Å². The van der Waals surface area contributed by atoms with E-state index in [-0.39, 0.29) is 23.7 Å². The first kappa shape index (κ1) is 12.6. The third-order valence-electron chi connectivity index (χ3n) is 4.23. The lowest BCUT2D eigenvalue weighted by molar-refractivity contribution is 0.0945. The minimum absolute atomic E-state index is 0.0837. The highest BCUT2D eigenvalue weighted by molar-refractivity contribution is 5.92. The second-order valence-corrected chi connectivity index (χ2v) is 5.96. The Morgan fingerprint density at radius 2 is 2.19 bits per heavy atom. The fraction of sp³-hybridized carbons (Fsp3) is 0.375. The van der Waals surface area contributed by atoms with E-state index in [9.17, 15) is 9.18 Å². The number of H-pyrrole nitrogens is 1. The zero-order chi connectivity index (χ0) is 14.4. The molecule has 0 radical (unpaired) electrons. The Hall–Kier alpha value is -2.17. The normalized spacial score (nSPS) is 23.9. The second kappa shape index (κ2) is 4.69. The number of carbonyl (C=O) groups excluding carboxylic acids is 1. The number of amides is 1. The number of halogens is 1. The van der Waals surface area contributed by atoms with Gasteiger partial charge in [0.05, 0.1) is 0 Å². The van der Waals surface area contributed by atoms with E-state index < -0.39 is 0 Å². The molecule has 2 saturated carbocycles. The van der Waals surface area contributed by atoms with Gasteiger partial charge >= 0.3 is 0 Å². The van der Waals surface area contributed by atoms with E-state index >= 15 is 0 Å². The van der Waals surface area contributed by atoms with Crippen molar-refractivity contribution in [1.82, 2.24) is 15.5 Å². The molecule has 0 aliphatic heterocycles. The number of benzene rings is 1. The van der Waals surface area contributed by atoms with Crippen LogP contribution in [-0.4, -0.2) is 22.1 Å². The molecule has 4 rings (SSSR count). The predicted molar refractivity (Wildman–Crippen MR) is 75.6 cm³/mol. The number of rotatable bonds is 4. The van der Waals surface area contributed by atoms with Crippen LogP contribution in [0.25, 0.3) is 0 Å². The summed E-state index contributed by atoms with van der Waals surface area (Å²) < 4.78 is 13.2. The number of aromatic amines is 1. The third-order valence-corrected chi connectivity index (χ3v) is 4.23. The Kier molecular flexibility index (Phi) is 2.80. The Bertz CT molecular complexity index is 692. The van der Waals surface area contributed by atoms with Crippen LogP contribution < -0.4 is 5.32 Å². The van der Waals surface area contributed by atoms with E-state index in [1.165, 1.54) is 25.0 Å². The van der Waals surface area contributed by atoms with Gasteiger partial charge in [0, 0.05) is 23.6 Å². The van der Waals surface area contributed by atoms with Gasteiger partial charge in [-0.2, -0.15) is 5.10 Å². The molecule has 108 valence electrons. The molecule has 2 atom stereocenters. The molecule has 2 N–H and O–H groups in total. The van der Waals surface area contributed by atoms with E-state index in [1.807, 2.05) is 12.1 Å². The Morgan fingerprint density at radius 1 is 1.33 bits per heavy atom. The maximum Gasteiger partial charge on any atom is 0.272 e. The Balaban J connectivity index is 1.39. The number of hydrogen-bond donors (Lipinski definition) is 2. The van der Waals surface area contributed by atoms with Crippen LogP contribution in [0.2, 0.25) is 0 Å². The van der Waals surface area contributed by atoms with Crippen LogP contribution in [0.4, 0.5) is 4.39 Å². The molecule has 1 aromatic heterocycles. The van der Waals surface area contributed by atoms with Crippen LogP contribution in [0, 0.1) is 5.82 Å². The number of hydrogen-bond acceptors (Lipinski definition) is 2. The van der Waals surface area contributed by atoms with Crippen LogP contribution in [0.15, 0.2) is 30.3 Å². The first-order valence-corrected chi connectivity index (χ1v) is 7.32. The molecule has 2 aliphatic rings. The maximum absolute atomic E-state index is 13.2. The number of aromatic nitrogens is 2. The van der Waals surface area contributed by atoms with E-state index in [2.05, 4.69) is 15.5 Å². The average Bonchev–Trinajstić information content (AvgIpc) is 3.39. The van der Waals surface area contributed by atoms with Gasteiger partial charge in [0.1, 0.15) is 11.5 Å². The van der Waals surface area contributed by atoms with Gasteiger partial charge in [-0.25, -0.2) is 4.39 Å². The summed E-state index contributed by atoms with van der Waals surface area (Å²) in [6.45, 7) is 0. The molecule has 1 aromatic carbocycles. The zero-order valence-corrected chi connectivity index (χ0v) is 11.5. The summed E-state index contributed by atoms with van der Waals surface area (Å²) in [5.74, 6) is 0.388. The second-order valence-electron chi connectivity index (χ2n) is 5.96. The van der Waals surface area contributed by atoms with E-state index in [1.54, 1.807) is 6.07 Å². The maximum atomic E-state index is 13.2. The summed E-state index contributed by atoms with van der Waals surface area (Å²) >= 11 is 0. The number of nitrogens with zero attached hydrogens (tertiary/aromatic N) is 1. The molecule has 0 saturated heterocycles. The molecule has 0 bridgehead atoms. The van der Waals surface area contributed by atoms with Crippen LogP contribution in [0.1, 0.15) is 52.8 Å². The summed E-state index contributed by atoms with van der Waals surface area (Å²) in [5.41, 5.74) is 2.44. The van der Waals surface area contributed by atoms with Crippen molar-refractivity contribution in [3.05, 3.63) is 53.1 Å². The fourth-order valence-corrected chi connectivity index (χ4v) is 2.76. The highest BCUT2D eigenvalue weighted by Gasteiger charge is 2.40. The molecule has 2 fully saturated rings. The van der Waals surface area contributed by atoms with Crippen molar-refractivity contribution in [3.63, 3.8) is 0 Å². The largest absolute Gasteiger partial charge is 0.347 e. The smallest absolute Gasteiger partial charge is 0.272 e. The topological polar surface area (TPSA) is 57.8 Å². The van der Waals surface area contributed by atoms with E-state index in [0.29, 0.717) is 11.6 Å². The van der Waals surface area contributed by atoms with Gasteiger partial charge in [-0.05, 0) is 43.0 Å². The lowest BCUT2D eigenvalue weighted by Gasteiger charge is -2.03. The van der Waals surface area contributed by atoms with Crippen LogP contribution in [-0.2, 0) is 0 Å². The van der Waals surface area contributed by atoms with Crippen molar-refractivity contribution in [3.8, 4) is 0 Å². The highest BCUT2D eigenvalue weighted by atomic mass is 19.1. The van der Waals surface area contributed by atoms with Gasteiger partial charge in [-0.15, -0.1) is 0 Å². The minimum atomic E-state index is -0.231. The molecule has 2 aliphatic carbocycles. The zero-order valence-electron chi connectivity index (χ0n) is 11.5. The van der Waals surface area contributed by atoms with Gasteiger partial charge in [-0.1, -0.05) is 12.1 Å². The molecular formula is C16H16FN3O. The van der Waals surface area contributed by atoms with Crippen molar-refractivity contribution in [2.45, 2.75) is 37.1 Å². The molecule has 1 amide bonds. The Morgan fingerprint density at radius 3 is 2.95 bits per heavy atom. The van der Waals surface area contributed by atoms with Gasteiger partial charge in [0.2, 0.25) is 0 Å².